The van der Waals surface area contributed by atoms with E-state index >= 15 is 0 Å². The highest BCUT2D eigenvalue weighted by Gasteiger charge is 2.21. The van der Waals surface area contributed by atoms with E-state index in [1.54, 1.807) is 0 Å². The molecule has 0 amide bonds. The molecule has 2 rings (SSSR count). The third-order valence-electron chi connectivity index (χ3n) is 4.64. The van der Waals surface area contributed by atoms with Gasteiger partial charge in [0.15, 0.2) is 0 Å². The van der Waals surface area contributed by atoms with E-state index in [-0.39, 0.29) is 6.61 Å². The fraction of sp³-hybridized carbons (Fsp3) is 0.684. The van der Waals surface area contributed by atoms with Crippen molar-refractivity contribution in [2.75, 3.05) is 6.61 Å². The number of hydrogen-bond donors (Lipinski definition) is 0. The lowest BCUT2D eigenvalue weighted by Crippen LogP contribution is -2.13. The first kappa shape index (κ1) is 16.3. The first-order chi connectivity index (χ1) is 10.2. The predicted molar refractivity (Wildman–Crippen MR) is 86.7 cm³/mol. The maximum absolute atomic E-state index is 12.8. The van der Waals surface area contributed by atoms with Crippen molar-refractivity contribution in [1.82, 2.24) is 0 Å². The van der Waals surface area contributed by atoms with Crippen molar-refractivity contribution < 1.29 is 9.13 Å². The molecule has 0 radical (unpaired) electrons. The molecule has 1 aromatic rings. The zero-order valence-electron chi connectivity index (χ0n) is 13.5. The Hall–Kier alpha value is -1.05. The number of unbranched alkanes of at least 4 members (excludes halogenated alkanes) is 1. The van der Waals surface area contributed by atoms with E-state index in [0.29, 0.717) is 5.92 Å². The lowest BCUT2D eigenvalue weighted by molar-refractivity contribution is 0.209. The van der Waals surface area contributed by atoms with Gasteiger partial charge in [0.2, 0.25) is 0 Å². The second-order valence-electron chi connectivity index (χ2n) is 6.52. The Morgan fingerprint density at radius 3 is 2.38 bits per heavy atom. The van der Waals surface area contributed by atoms with E-state index in [4.69, 9.17) is 4.74 Å². The Labute approximate surface area is 128 Å². The molecule has 1 atom stereocenters. The van der Waals surface area contributed by atoms with E-state index in [0.717, 1.165) is 11.7 Å². The summed E-state index contributed by atoms with van der Waals surface area (Å²) in [7, 11) is 0. The Morgan fingerprint density at radius 2 is 1.81 bits per heavy atom. The number of ether oxygens (including phenoxy) is 1. The summed E-state index contributed by atoms with van der Waals surface area (Å²) in [6.45, 7) is 3.94. The molecule has 0 aromatic heterocycles. The molecule has 1 saturated carbocycles. The van der Waals surface area contributed by atoms with Crippen LogP contribution in [0.3, 0.4) is 0 Å². The van der Waals surface area contributed by atoms with Gasteiger partial charge in [-0.15, -0.1) is 0 Å². The van der Waals surface area contributed by atoms with E-state index in [1.807, 2.05) is 12.1 Å². The molecule has 0 aliphatic heterocycles. The molecule has 1 aromatic carbocycles. The molecule has 0 spiro atoms. The van der Waals surface area contributed by atoms with E-state index in [9.17, 15) is 4.39 Å². The fourth-order valence-corrected chi connectivity index (χ4v) is 3.32. The largest absolute Gasteiger partial charge is 0.491 e. The zero-order valence-corrected chi connectivity index (χ0v) is 13.5. The number of alkyl halides is 1. The molecule has 0 saturated heterocycles. The highest BCUT2D eigenvalue weighted by Crippen LogP contribution is 2.38. The van der Waals surface area contributed by atoms with Crippen LogP contribution in [0.15, 0.2) is 24.3 Å². The van der Waals surface area contributed by atoms with Crippen LogP contribution in [0.4, 0.5) is 4.39 Å². The molecule has 0 heterocycles. The molecule has 1 nitrogen and oxygen atoms in total. The van der Waals surface area contributed by atoms with Gasteiger partial charge in [-0.05, 0) is 62.1 Å². The van der Waals surface area contributed by atoms with Crippen molar-refractivity contribution in [2.45, 2.75) is 70.9 Å². The van der Waals surface area contributed by atoms with Crippen molar-refractivity contribution in [3.05, 3.63) is 29.8 Å². The Morgan fingerprint density at radius 1 is 1.14 bits per heavy atom. The van der Waals surface area contributed by atoms with Crippen LogP contribution in [0.2, 0.25) is 0 Å². The van der Waals surface area contributed by atoms with Crippen molar-refractivity contribution >= 4 is 0 Å². The maximum Gasteiger partial charge on any atom is 0.131 e. The van der Waals surface area contributed by atoms with Crippen molar-refractivity contribution in [2.24, 2.45) is 5.92 Å². The van der Waals surface area contributed by atoms with Gasteiger partial charge in [-0.3, -0.25) is 0 Å². The Balaban J connectivity index is 1.80. The van der Waals surface area contributed by atoms with Crippen LogP contribution in [0, 0.1) is 5.92 Å². The van der Waals surface area contributed by atoms with Crippen LogP contribution < -0.4 is 4.74 Å². The van der Waals surface area contributed by atoms with Crippen molar-refractivity contribution in [3.8, 4) is 5.75 Å². The molecule has 1 unspecified atom stereocenters. The van der Waals surface area contributed by atoms with Crippen LogP contribution in [-0.2, 0) is 0 Å². The summed E-state index contributed by atoms with van der Waals surface area (Å²) in [5, 5.41) is 0. The maximum atomic E-state index is 12.8. The molecule has 1 aliphatic rings. The zero-order chi connectivity index (χ0) is 15.1. The van der Waals surface area contributed by atoms with Gasteiger partial charge < -0.3 is 4.74 Å². The quantitative estimate of drug-likeness (QED) is 0.609. The summed E-state index contributed by atoms with van der Waals surface area (Å²) in [6, 6.07) is 8.30. The van der Waals surface area contributed by atoms with Crippen LogP contribution in [0.25, 0.3) is 0 Å². The molecule has 0 bridgehead atoms. The SMILES string of the molecule is CCCCC1CCC(c2ccc(OCC(C)F)cc2)CC1. The van der Waals surface area contributed by atoms with Gasteiger partial charge in [0.1, 0.15) is 18.5 Å². The van der Waals surface area contributed by atoms with Crippen LogP contribution in [-0.4, -0.2) is 12.8 Å². The van der Waals surface area contributed by atoms with Crippen molar-refractivity contribution in [3.63, 3.8) is 0 Å². The van der Waals surface area contributed by atoms with Crippen molar-refractivity contribution in [1.29, 1.82) is 0 Å². The molecule has 21 heavy (non-hydrogen) atoms. The average Bonchev–Trinajstić information content (AvgIpc) is 2.52. The molecule has 2 heteroatoms. The van der Waals surface area contributed by atoms with E-state index in [2.05, 4.69) is 19.1 Å². The van der Waals surface area contributed by atoms with Gasteiger partial charge in [0, 0.05) is 0 Å². The van der Waals surface area contributed by atoms with Gasteiger partial charge in [0.25, 0.3) is 0 Å². The Bertz CT molecular complexity index is 391. The molecule has 118 valence electrons. The minimum atomic E-state index is -0.914. The number of rotatable bonds is 7. The highest BCUT2D eigenvalue weighted by atomic mass is 19.1. The van der Waals surface area contributed by atoms with Gasteiger partial charge in [-0.1, -0.05) is 38.3 Å². The fourth-order valence-electron chi connectivity index (χ4n) is 3.32. The molecular formula is C19H29FO. The number of halogens is 1. The molecular weight excluding hydrogens is 263 g/mol. The van der Waals surface area contributed by atoms with Crippen LogP contribution in [0.5, 0.6) is 5.75 Å². The summed E-state index contributed by atoms with van der Waals surface area (Å²) in [5.41, 5.74) is 1.42. The van der Waals surface area contributed by atoms with Gasteiger partial charge >= 0.3 is 0 Å². The Kier molecular flexibility index (Phi) is 6.53. The topological polar surface area (TPSA) is 9.23 Å². The minimum Gasteiger partial charge on any atom is -0.491 e. The predicted octanol–water partition coefficient (Wildman–Crippen LogP) is 5.89. The third kappa shape index (κ3) is 5.33. The monoisotopic (exact) mass is 292 g/mol. The molecule has 1 fully saturated rings. The summed E-state index contributed by atoms with van der Waals surface area (Å²) < 4.78 is 18.2. The standard InChI is InChI=1S/C19H29FO/c1-3-4-5-16-6-8-17(9-7-16)18-10-12-19(13-11-18)21-14-15(2)20/h10-13,15-17H,3-9,14H2,1-2H3. The third-order valence-corrected chi connectivity index (χ3v) is 4.64. The van der Waals surface area contributed by atoms with Crippen LogP contribution >= 0.6 is 0 Å². The molecule has 1 aliphatic carbocycles. The van der Waals surface area contributed by atoms with Crippen LogP contribution in [0.1, 0.15) is 70.3 Å². The average molecular weight is 292 g/mol. The van der Waals surface area contributed by atoms with E-state index in [1.165, 1.54) is 57.4 Å². The second-order valence-corrected chi connectivity index (χ2v) is 6.52. The smallest absolute Gasteiger partial charge is 0.131 e. The lowest BCUT2D eigenvalue weighted by Gasteiger charge is -2.28. The highest BCUT2D eigenvalue weighted by molar-refractivity contribution is 5.29. The van der Waals surface area contributed by atoms with Gasteiger partial charge in [-0.25, -0.2) is 4.39 Å². The second kappa shape index (κ2) is 8.41. The molecule has 0 N–H and O–H groups in total. The lowest BCUT2D eigenvalue weighted by atomic mass is 9.77. The normalized spacial score (nSPS) is 23.8. The first-order valence-electron chi connectivity index (χ1n) is 8.56. The first-order valence-corrected chi connectivity index (χ1v) is 8.56. The number of benzene rings is 1. The number of hydrogen-bond acceptors (Lipinski definition) is 1. The summed E-state index contributed by atoms with van der Waals surface area (Å²) in [4.78, 5) is 0. The van der Waals surface area contributed by atoms with Gasteiger partial charge in [-0.2, -0.15) is 0 Å². The summed E-state index contributed by atoms with van der Waals surface area (Å²) in [5.74, 6) is 2.44. The summed E-state index contributed by atoms with van der Waals surface area (Å²) >= 11 is 0. The minimum absolute atomic E-state index is 0.141. The van der Waals surface area contributed by atoms with E-state index < -0.39 is 6.17 Å². The summed E-state index contributed by atoms with van der Waals surface area (Å²) in [6.07, 6.45) is 8.59. The van der Waals surface area contributed by atoms with Gasteiger partial charge in [0.05, 0.1) is 0 Å².